The molecule has 6 nitrogen and oxygen atoms in total. The van der Waals surface area contributed by atoms with Gasteiger partial charge in [-0.05, 0) is 68.1 Å². The van der Waals surface area contributed by atoms with Crippen molar-refractivity contribution in [3.63, 3.8) is 0 Å². The minimum Gasteiger partial charge on any atom is -0.506 e. The molecule has 5 atom stereocenters. The molecule has 4 rings (SSSR count). The number of ketones is 1. The van der Waals surface area contributed by atoms with Crippen LogP contribution in [0.25, 0.3) is 11.1 Å². The number of fused-ring (bicyclic) bond motifs is 1. The zero-order valence-corrected chi connectivity index (χ0v) is 21.4. The van der Waals surface area contributed by atoms with Gasteiger partial charge < -0.3 is 14.8 Å². The highest BCUT2D eigenvalue weighted by molar-refractivity contribution is 6.03. The van der Waals surface area contributed by atoms with Gasteiger partial charge in [0.2, 0.25) is 0 Å². The van der Waals surface area contributed by atoms with Crippen molar-refractivity contribution >= 4 is 11.8 Å². The number of Topliss-reactive ketones (excluding diaryl/α,β-unsaturated/α-hetero) is 1. The van der Waals surface area contributed by atoms with Crippen LogP contribution in [0.3, 0.4) is 0 Å². The van der Waals surface area contributed by atoms with E-state index in [1.54, 1.807) is 31.2 Å². The molecular weight excluding hydrogens is 454 g/mol. The second-order valence-corrected chi connectivity index (χ2v) is 10.2. The summed E-state index contributed by atoms with van der Waals surface area (Å²) in [6, 6.07) is 6.60. The van der Waals surface area contributed by atoms with E-state index in [0.717, 1.165) is 12.8 Å². The molecule has 1 aromatic heterocycles. The number of benzene rings is 1. The average molecular weight is 490 g/mol. The van der Waals surface area contributed by atoms with Crippen molar-refractivity contribution in [3.8, 4) is 22.6 Å². The van der Waals surface area contributed by atoms with Gasteiger partial charge in [0.05, 0.1) is 0 Å². The summed E-state index contributed by atoms with van der Waals surface area (Å²) in [5, 5.41) is 11.2. The van der Waals surface area contributed by atoms with Crippen LogP contribution >= 0.6 is 0 Å². The third-order valence-corrected chi connectivity index (χ3v) is 7.81. The fourth-order valence-corrected chi connectivity index (χ4v) is 5.98. The maximum atomic E-state index is 13.9. The molecule has 0 bridgehead atoms. The van der Waals surface area contributed by atoms with E-state index in [-0.39, 0.29) is 35.4 Å². The van der Waals surface area contributed by atoms with Gasteiger partial charge in [0.25, 0.3) is 5.56 Å². The number of pyridine rings is 1. The van der Waals surface area contributed by atoms with E-state index in [2.05, 4.69) is 24.9 Å². The van der Waals surface area contributed by atoms with E-state index in [0.29, 0.717) is 34.6 Å². The van der Waals surface area contributed by atoms with Gasteiger partial charge in [0.1, 0.15) is 17.1 Å². The Bertz CT molecular complexity index is 1250. The monoisotopic (exact) mass is 489 g/mol. The first kappa shape index (κ1) is 25.7. The molecule has 190 valence electrons. The maximum Gasteiger partial charge on any atom is 0.310 e. The summed E-state index contributed by atoms with van der Waals surface area (Å²) < 4.78 is 5.21. The van der Waals surface area contributed by atoms with E-state index in [1.807, 2.05) is 19.1 Å². The highest BCUT2D eigenvalue weighted by Gasteiger charge is 2.43. The van der Waals surface area contributed by atoms with Crippen molar-refractivity contribution in [1.82, 2.24) is 4.98 Å². The quantitative estimate of drug-likeness (QED) is 0.222. The lowest BCUT2D eigenvalue weighted by molar-refractivity contribution is -0.134. The normalized spacial score (nSPS) is 25.8. The van der Waals surface area contributed by atoms with E-state index >= 15 is 0 Å². The number of hydrogen-bond acceptors (Lipinski definition) is 5. The molecule has 0 radical (unpaired) electrons. The molecule has 0 unspecified atom stereocenters. The number of carbonyl (C=O) groups excluding carboxylic acids is 2. The number of nitrogens with one attached hydrogen (secondary N) is 1. The molecule has 0 aliphatic heterocycles. The maximum absolute atomic E-state index is 13.9. The number of rotatable bonds is 6. The van der Waals surface area contributed by atoms with Crippen LogP contribution < -0.4 is 10.3 Å². The van der Waals surface area contributed by atoms with Crippen LogP contribution in [0.5, 0.6) is 11.5 Å². The third-order valence-electron chi connectivity index (χ3n) is 7.81. The molecule has 1 aromatic carbocycles. The molecule has 1 saturated carbocycles. The molecule has 6 heteroatoms. The number of aromatic hydroxyl groups is 1. The first-order valence-electron chi connectivity index (χ1n) is 12.9. The van der Waals surface area contributed by atoms with Gasteiger partial charge in [-0.25, -0.2) is 0 Å². The molecule has 2 aliphatic carbocycles. The fraction of sp³-hybridized carbons (Fsp3) is 0.433. The summed E-state index contributed by atoms with van der Waals surface area (Å²) in [6.07, 6.45) is 11.1. The van der Waals surface area contributed by atoms with Gasteiger partial charge in [-0.3, -0.25) is 14.4 Å². The van der Waals surface area contributed by atoms with Gasteiger partial charge >= 0.3 is 5.97 Å². The second-order valence-electron chi connectivity index (χ2n) is 10.2. The minimum absolute atomic E-state index is 0.0195. The molecule has 2 aliphatic rings. The summed E-state index contributed by atoms with van der Waals surface area (Å²) >= 11 is 0. The first-order chi connectivity index (χ1) is 17.2. The molecule has 2 N–H and O–H groups in total. The van der Waals surface area contributed by atoms with E-state index in [1.165, 1.54) is 18.2 Å². The Morgan fingerprint density at radius 3 is 2.58 bits per heavy atom. The number of H-pyrrole nitrogens is 1. The van der Waals surface area contributed by atoms with Crippen LogP contribution in [0.2, 0.25) is 0 Å². The molecule has 1 heterocycles. The molecule has 36 heavy (non-hydrogen) atoms. The summed E-state index contributed by atoms with van der Waals surface area (Å²) in [6.45, 7) is 8.03. The molecular formula is C30H35NO5. The highest BCUT2D eigenvalue weighted by atomic mass is 16.5. The lowest BCUT2D eigenvalue weighted by Crippen LogP contribution is -2.40. The molecule has 2 aromatic rings. The Morgan fingerprint density at radius 1 is 1.19 bits per heavy atom. The lowest BCUT2D eigenvalue weighted by atomic mass is 9.59. The van der Waals surface area contributed by atoms with Crippen molar-refractivity contribution in [2.45, 2.75) is 53.4 Å². The number of aromatic amines is 1. The van der Waals surface area contributed by atoms with Crippen molar-refractivity contribution in [2.24, 2.45) is 29.6 Å². The van der Waals surface area contributed by atoms with Crippen LogP contribution in [0.15, 0.2) is 59.1 Å². The second kappa shape index (κ2) is 10.7. The standard InChI is InChI=1S/C30H35NO5/c1-5-7-22-23-14-17(3)8-13-21(23)18(4)15-24(22)28(33)27-29(34)25(16-31-30(27)35)19-9-11-20(12-10-19)36-26(32)6-2/h5,7,9-12,15-17,21-24H,6,8,13-14H2,1-4H3,(H2,31,34,35)/b7-5+/t17-,21+,22+,23-,24+/m0/s1. The number of aromatic nitrogens is 1. The predicted molar refractivity (Wildman–Crippen MR) is 140 cm³/mol. The summed E-state index contributed by atoms with van der Waals surface area (Å²) in [4.78, 5) is 41.0. The lowest BCUT2D eigenvalue weighted by Gasteiger charge is -2.45. The molecule has 0 spiro atoms. The van der Waals surface area contributed by atoms with Gasteiger partial charge in [0, 0.05) is 24.1 Å². The van der Waals surface area contributed by atoms with Gasteiger partial charge in [0.15, 0.2) is 5.78 Å². The van der Waals surface area contributed by atoms with E-state index in [4.69, 9.17) is 4.74 Å². The Morgan fingerprint density at radius 2 is 1.92 bits per heavy atom. The van der Waals surface area contributed by atoms with Gasteiger partial charge in [-0.2, -0.15) is 0 Å². The highest BCUT2D eigenvalue weighted by Crippen LogP contribution is 2.49. The fourth-order valence-electron chi connectivity index (χ4n) is 5.98. The third kappa shape index (κ3) is 4.95. The summed E-state index contributed by atoms with van der Waals surface area (Å²) in [5.41, 5.74) is 1.33. The van der Waals surface area contributed by atoms with Crippen LogP contribution in [0.1, 0.15) is 63.7 Å². The Hall–Kier alpha value is -3.41. The van der Waals surface area contributed by atoms with Crippen LogP contribution in [-0.4, -0.2) is 21.8 Å². The Balaban J connectivity index is 1.71. The zero-order chi connectivity index (χ0) is 26.0. The number of carbonyl (C=O) groups is 2. The van der Waals surface area contributed by atoms with Crippen molar-refractivity contribution in [1.29, 1.82) is 0 Å². The van der Waals surface area contributed by atoms with Gasteiger partial charge in [-0.15, -0.1) is 0 Å². The van der Waals surface area contributed by atoms with Crippen molar-refractivity contribution in [2.75, 3.05) is 0 Å². The van der Waals surface area contributed by atoms with Crippen molar-refractivity contribution < 1.29 is 19.4 Å². The Labute approximate surface area is 212 Å². The summed E-state index contributed by atoms with van der Waals surface area (Å²) in [7, 11) is 0. The largest absolute Gasteiger partial charge is 0.506 e. The SMILES string of the molecule is C/C=C/[C@@H]1[C@H]2C[C@@H](C)CC[C@@H]2C(C)=C[C@H]1C(=O)c1c(O)c(-c2ccc(OC(=O)CC)cc2)c[nH]c1=O. The average Bonchev–Trinajstić information content (AvgIpc) is 2.86. The summed E-state index contributed by atoms with van der Waals surface area (Å²) in [5.74, 6) is 0.217. The first-order valence-corrected chi connectivity index (χ1v) is 12.9. The number of allylic oxidation sites excluding steroid dienone is 4. The minimum atomic E-state index is -0.598. The molecule has 1 fully saturated rings. The number of esters is 1. The van der Waals surface area contributed by atoms with E-state index in [9.17, 15) is 19.5 Å². The Kier molecular flexibility index (Phi) is 7.62. The molecule has 0 saturated heterocycles. The molecule has 0 amide bonds. The van der Waals surface area contributed by atoms with Crippen molar-refractivity contribution in [3.05, 3.63) is 70.2 Å². The number of ether oxygens (including phenoxy) is 1. The number of hydrogen-bond donors (Lipinski definition) is 2. The predicted octanol–water partition coefficient (Wildman–Crippen LogP) is 6.07. The van der Waals surface area contributed by atoms with Crippen LogP contribution in [-0.2, 0) is 4.79 Å². The van der Waals surface area contributed by atoms with Gasteiger partial charge in [-0.1, -0.05) is 56.2 Å². The zero-order valence-electron chi connectivity index (χ0n) is 21.4. The van der Waals surface area contributed by atoms with E-state index < -0.39 is 11.5 Å². The van der Waals surface area contributed by atoms with Crippen LogP contribution in [0, 0.1) is 29.6 Å². The van der Waals surface area contributed by atoms with Crippen LogP contribution in [0.4, 0.5) is 0 Å². The smallest absolute Gasteiger partial charge is 0.310 e. The topological polar surface area (TPSA) is 96.5 Å².